The van der Waals surface area contributed by atoms with Crippen molar-refractivity contribution in [1.82, 2.24) is 20.0 Å². The quantitative estimate of drug-likeness (QED) is 0.544. The van der Waals surface area contributed by atoms with Gasteiger partial charge < -0.3 is 20.1 Å². The monoisotopic (exact) mass is 492 g/mol. The minimum absolute atomic E-state index is 0.0321. The van der Waals surface area contributed by atoms with Gasteiger partial charge in [0.05, 0.1) is 18.6 Å². The van der Waals surface area contributed by atoms with E-state index in [-0.39, 0.29) is 24.8 Å². The zero-order valence-electron chi connectivity index (χ0n) is 19.0. The lowest BCUT2D eigenvalue weighted by molar-refractivity contribution is -0.140. The predicted octanol–water partition coefficient (Wildman–Crippen LogP) is 3.06. The van der Waals surface area contributed by atoms with Gasteiger partial charge in [-0.25, -0.2) is 9.59 Å². The Morgan fingerprint density at radius 3 is 2.43 bits per heavy atom. The number of benzene rings is 2. The molecule has 35 heavy (non-hydrogen) atoms. The van der Waals surface area contributed by atoms with Gasteiger partial charge in [0.2, 0.25) is 0 Å². The topological polar surface area (TPSA) is 114 Å². The normalized spacial score (nSPS) is 16.6. The van der Waals surface area contributed by atoms with Gasteiger partial charge in [0.15, 0.2) is 0 Å². The summed E-state index contributed by atoms with van der Waals surface area (Å²) >= 11 is 1.39. The summed E-state index contributed by atoms with van der Waals surface area (Å²) in [7, 11) is 1.61. The molecule has 5 rings (SSSR count). The van der Waals surface area contributed by atoms with E-state index in [1.165, 1.54) is 27.5 Å². The second kappa shape index (κ2) is 9.46. The number of aromatic nitrogens is 2. The molecule has 2 aromatic carbocycles. The summed E-state index contributed by atoms with van der Waals surface area (Å²) < 4.78 is 6.96. The molecule has 2 aliphatic rings. The summed E-state index contributed by atoms with van der Waals surface area (Å²) in [6, 6.07) is 15.3. The molecule has 0 unspecified atom stereocenters. The van der Waals surface area contributed by atoms with Crippen molar-refractivity contribution in [3.63, 3.8) is 0 Å². The number of hydrogen-bond acceptors (Lipinski definition) is 6. The number of nitrogens with zero attached hydrogens (tertiary/aromatic N) is 3. The van der Waals surface area contributed by atoms with Crippen molar-refractivity contribution >= 4 is 29.7 Å². The lowest BCUT2D eigenvalue weighted by atomic mass is 9.98. The summed E-state index contributed by atoms with van der Waals surface area (Å²) in [6.45, 7) is 0.217. The number of nitrogens with one attached hydrogen (secondary N) is 1. The Bertz CT molecular complexity index is 1260. The first kappa shape index (κ1) is 23.0. The molecule has 1 fully saturated rings. The Labute approximate surface area is 206 Å². The van der Waals surface area contributed by atoms with Crippen molar-refractivity contribution < 1.29 is 24.2 Å². The van der Waals surface area contributed by atoms with Gasteiger partial charge in [0.1, 0.15) is 18.3 Å². The third kappa shape index (κ3) is 4.25. The van der Waals surface area contributed by atoms with Crippen molar-refractivity contribution in [3.05, 3.63) is 77.1 Å². The van der Waals surface area contributed by atoms with E-state index in [0.717, 1.165) is 22.3 Å². The van der Waals surface area contributed by atoms with Gasteiger partial charge in [-0.3, -0.25) is 9.48 Å². The molecule has 10 heteroatoms. The highest BCUT2D eigenvalue weighted by molar-refractivity contribution is 7.99. The molecule has 1 saturated heterocycles. The zero-order valence-corrected chi connectivity index (χ0v) is 19.8. The summed E-state index contributed by atoms with van der Waals surface area (Å²) in [5.41, 5.74) is 5.28. The highest BCUT2D eigenvalue weighted by atomic mass is 32.2. The molecule has 2 N–H and O–H groups in total. The smallest absolute Gasteiger partial charge is 0.407 e. The molecular formula is C25H24N4O5S. The van der Waals surface area contributed by atoms with Gasteiger partial charge >= 0.3 is 12.1 Å². The number of alkyl carbamates (subject to hydrolysis) is 1. The Balaban J connectivity index is 1.24. The number of aliphatic carboxylic acids is 1. The van der Waals surface area contributed by atoms with E-state index in [2.05, 4.69) is 34.7 Å². The van der Waals surface area contributed by atoms with E-state index in [4.69, 9.17) is 4.74 Å². The van der Waals surface area contributed by atoms with Gasteiger partial charge in [-0.15, -0.1) is 11.8 Å². The maximum Gasteiger partial charge on any atom is 0.407 e. The molecule has 0 spiro atoms. The van der Waals surface area contributed by atoms with Gasteiger partial charge in [0, 0.05) is 24.3 Å². The standard InChI is InChI=1S/C25H24N4O5S/c1-28-22(23(30)29-14-35-13-21(29)24(31)32)15(11-27-28)10-26-25(33)34-12-20-18-8-4-2-6-16(18)17-7-3-5-9-19(17)20/h2-9,11,20-21H,10,12-14H2,1H3,(H,26,33)(H,31,32)/t21-/m0/s1. The van der Waals surface area contributed by atoms with E-state index in [9.17, 15) is 19.5 Å². The SMILES string of the molecule is Cn1ncc(CNC(=O)OCC2c3ccccc3-c3ccccc32)c1C(=O)N1CSC[C@H]1C(=O)O. The molecule has 3 aromatic rings. The summed E-state index contributed by atoms with van der Waals surface area (Å²) in [5.74, 6) is -0.883. The fourth-order valence-corrected chi connectivity index (χ4v) is 5.83. The predicted molar refractivity (Wildman–Crippen MR) is 130 cm³/mol. The van der Waals surface area contributed by atoms with E-state index in [1.54, 1.807) is 7.05 Å². The molecule has 0 saturated carbocycles. The highest BCUT2D eigenvalue weighted by Gasteiger charge is 2.37. The lowest BCUT2D eigenvalue weighted by Crippen LogP contribution is -2.42. The summed E-state index contributed by atoms with van der Waals surface area (Å²) in [5, 5.41) is 16.2. The summed E-state index contributed by atoms with van der Waals surface area (Å²) in [4.78, 5) is 38.5. The number of thioether (sulfide) groups is 1. The van der Waals surface area contributed by atoms with Crippen molar-refractivity contribution in [2.75, 3.05) is 18.2 Å². The third-order valence-corrected chi connectivity index (χ3v) is 7.42. The van der Waals surface area contributed by atoms with Crippen molar-refractivity contribution in [1.29, 1.82) is 0 Å². The molecule has 9 nitrogen and oxygen atoms in total. The van der Waals surface area contributed by atoms with E-state index in [0.29, 0.717) is 17.2 Å². The number of aryl methyl sites for hydroxylation is 1. The molecule has 0 bridgehead atoms. The zero-order chi connectivity index (χ0) is 24.5. The minimum Gasteiger partial charge on any atom is -0.480 e. The maximum atomic E-state index is 13.1. The number of fused-ring (bicyclic) bond motifs is 3. The molecule has 2 heterocycles. The van der Waals surface area contributed by atoms with Crippen LogP contribution in [0.1, 0.15) is 33.1 Å². The van der Waals surface area contributed by atoms with Crippen LogP contribution >= 0.6 is 11.8 Å². The largest absolute Gasteiger partial charge is 0.480 e. The molecule has 0 radical (unpaired) electrons. The van der Waals surface area contributed by atoms with Crippen LogP contribution in [-0.4, -0.2) is 62.0 Å². The van der Waals surface area contributed by atoms with Crippen LogP contribution in [-0.2, 0) is 23.1 Å². The van der Waals surface area contributed by atoms with Crippen LogP contribution in [0.4, 0.5) is 4.79 Å². The van der Waals surface area contributed by atoms with Crippen LogP contribution in [0.2, 0.25) is 0 Å². The average molecular weight is 493 g/mol. The number of carbonyl (C=O) groups is 3. The number of carboxylic acid groups (broad SMARTS) is 1. The first-order valence-corrected chi connectivity index (χ1v) is 12.3. The van der Waals surface area contributed by atoms with Gasteiger partial charge in [-0.2, -0.15) is 5.10 Å². The van der Waals surface area contributed by atoms with E-state index >= 15 is 0 Å². The van der Waals surface area contributed by atoms with Crippen molar-refractivity contribution in [3.8, 4) is 11.1 Å². The maximum absolute atomic E-state index is 13.1. The second-order valence-corrected chi connectivity index (χ2v) is 9.45. The minimum atomic E-state index is -1.04. The van der Waals surface area contributed by atoms with Crippen LogP contribution < -0.4 is 5.32 Å². The highest BCUT2D eigenvalue weighted by Crippen LogP contribution is 2.44. The Morgan fingerprint density at radius 2 is 1.77 bits per heavy atom. The summed E-state index contributed by atoms with van der Waals surface area (Å²) in [6.07, 6.45) is 0.893. The fourth-order valence-electron chi connectivity index (χ4n) is 4.69. The van der Waals surface area contributed by atoms with Crippen LogP contribution in [0.3, 0.4) is 0 Å². The number of amides is 2. The molecule has 1 atom stereocenters. The molecule has 1 aromatic heterocycles. The Morgan fingerprint density at radius 1 is 1.11 bits per heavy atom. The first-order chi connectivity index (χ1) is 17.0. The fraction of sp³-hybridized carbons (Fsp3) is 0.280. The van der Waals surface area contributed by atoms with Crippen molar-refractivity contribution in [2.45, 2.75) is 18.5 Å². The molecular weight excluding hydrogens is 468 g/mol. The van der Waals surface area contributed by atoms with Crippen LogP contribution in [0.25, 0.3) is 11.1 Å². The average Bonchev–Trinajstić information content (AvgIpc) is 3.57. The lowest BCUT2D eigenvalue weighted by Gasteiger charge is -2.21. The number of carboxylic acids is 1. The number of ether oxygens (including phenoxy) is 1. The van der Waals surface area contributed by atoms with Crippen LogP contribution in [0.5, 0.6) is 0 Å². The third-order valence-electron chi connectivity index (χ3n) is 6.41. The first-order valence-electron chi connectivity index (χ1n) is 11.2. The number of carbonyl (C=O) groups excluding carboxylic acids is 2. The molecule has 1 aliphatic carbocycles. The Kier molecular flexibility index (Phi) is 6.21. The molecule has 2 amide bonds. The molecule has 180 valence electrons. The van der Waals surface area contributed by atoms with Crippen LogP contribution in [0, 0.1) is 0 Å². The van der Waals surface area contributed by atoms with Crippen LogP contribution in [0.15, 0.2) is 54.7 Å². The molecule has 1 aliphatic heterocycles. The second-order valence-electron chi connectivity index (χ2n) is 8.45. The van der Waals surface area contributed by atoms with Gasteiger partial charge in [-0.05, 0) is 22.3 Å². The number of rotatable bonds is 6. The van der Waals surface area contributed by atoms with E-state index in [1.807, 2.05) is 24.3 Å². The van der Waals surface area contributed by atoms with Gasteiger partial charge in [-0.1, -0.05) is 48.5 Å². The Hall–Kier alpha value is -3.79. The number of hydrogen-bond donors (Lipinski definition) is 2. The van der Waals surface area contributed by atoms with E-state index < -0.39 is 24.0 Å². The van der Waals surface area contributed by atoms with Crippen molar-refractivity contribution in [2.24, 2.45) is 7.05 Å². The van der Waals surface area contributed by atoms with Gasteiger partial charge in [0.25, 0.3) is 5.91 Å².